The summed E-state index contributed by atoms with van der Waals surface area (Å²) in [7, 11) is 0. The molecule has 20 heavy (non-hydrogen) atoms. The second-order valence-corrected chi connectivity index (χ2v) is 6.44. The van der Waals surface area contributed by atoms with Crippen molar-refractivity contribution in [1.82, 2.24) is 10.2 Å². The monoisotopic (exact) mass is 276 g/mol. The van der Waals surface area contributed by atoms with E-state index in [1.807, 2.05) is 12.1 Å². The van der Waals surface area contributed by atoms with Crippen LogP contribution in [-0.2, 0) is 6.54 Å². The summed E-state index contributed by atoms with van der Waals surface area (Å²) in [6, 6.07) is 6.44. The summed E-state index contributed by atoms with van der Waals surface area (Å²) < 4.78 is 0. The van der Waals surface area contributed by atoms with Crippen molar-refractivity contribution in [3.63, 3.8) is 0 Å². The quantitative estimate of drug-likeness (QED) is 0.868. The molecule has 3 heteroatoms. The van der Waals surface area contributed by atoms with E-state index in [4.69, 9.17) is 0 Å². The minimum Gasteiger partial charge on any atom is -0.508 e. The lowest BCUT2D eigenvalue weighted by Crippen LogP contribution is -2.40. The number of nitrogens with zero attached hydrogens (tertiary/aromatic N) is 1. The Morgan fingerprint density at radius 2 is 2.20 bits per heavy atom. The molecular weight excluding hydrogens is 248 g/mol. The molecule has 0 amide bonds. The van der Waals surface area contributed by atoms with E-state index in [0.717, 1.165) is 37.7 Å². The van der Waals surface area contributed by atoms with Crippen LogP contribution in [0.4, 0.5) is 0 Å². The van der Waals surface area contributed by atoms with E-state index in [1.165, 1.54) is 18.4 Å². The Morgan fingerprint density at radius 3 is 2.95 bits per heavy atom. The highest BCUT2D eigenvalue weighted by Crippen LogP contribution is 2.23. The zero-order valence-corrected chi connectivity index (χ0v) is 13.0. The first-order chi connectivity index (χ1) is 9.54. The van der Waals surface area contributed by atoms with Crippen molar-refractivity contribution < 1.29 is 5.11 Å². The molecule has 2 N–H and O–H groups in total. The van der Waals surface area contributed by atoms with Crippen LogP contribution >= 0.6 is 0 Å². The van der Waals surface area contributed by atoms with Gasteiger partial charge in [-0.25, -0.2) is 0 Å². The Morgan fingerprint density at radius 1 is 1.40 bits per heavy atom. The Bertz CT molecular complexity index is 431. The number of hydrogen-bond donors (Lipinski definition) is 2. The molecule has 0 bridgehead atoms. The number of aryl methyl sites for hydroxylation is 1. The molecule has 1 aliphatic heterocycles. The van der Waals surface area contributed by atoms with E-state index < -0.39 is 0 Å². The van der Waals surface area contributed by atoms with E-state index in [-0.39, 0.29) is 0 Å². The third kappa shape index (κ3) is 4.50. The number of piperidine rings is 1. The Hall–Kier alpha value is -1.06. The lowest BCUT2D eigenvalue weighted by molar-refractivity contribution is 0.162. The summed E-state index contributed by atoms with van der Waals surface area (Å²) in [4.78, 5) is 2.48. The van der Waals surface area contributed by atoms with Gasteiger partial charge in [0.1, 0.15) is 5.75 Å². The molecule has 2 rings (SSSR count). The maximum atomic E-state index is 9.97. The summed E-state index contributed by atoms with van der Waals surface area (Å²) in [5, 5.41) is 13.5. The summed E-state index contributed by atoms with van der Waals surface area (Å²) in [6.07, 6.45) is 2.58. The van der Waals surface area contributed by atoms with Gasteiger partial charge in [0, 0.05) is 24.7 Å². The Kier molecular flexibility index (Phi) is 5.44. The number of rotatable bonds is 5. The molecule has 0 aliphatic carbocycles. The maximum Gasteiger partial charge on any atom is 0.120 e. The summed E-state index contributed by atoms with van der Waals surface area (Å²) >= 11 is 0. The van der Waals surface area contributed by atoms with Gasteiger partial charge in [-0.15, -0.1) is 0 Å². The van der Waals surface area contributed by atoms with Crippen LogP contribution in [0.15, 0.2) is 18.2 Å². The van der Waals surface area contributed by atoms with Crippen LogP contribution in [0.3, 0.4) is 0 Å². The lowest BCUT2D eigenvalue weighted by atomic mass is 9.97. The first-order valence-electron chi connectivity index (χ1n) is 7.79. The first kappa shape index (κ1) is 15.3. The van der Waals surface area contributed by atoms with Gasteiger partial charge >= 0.3 is 0 Å². The minimum absolute atomic E-state index is 0.429. The molecule has 0 spiro atoms. The average molecular weight is 276 g/mol. The molecule has 112 valence electrons. The van der Waals surface area contributed by atoms with E-state index in [2.05, 4.69) is 37.1 Å². The maximum absolute atomic E-state index is 9.97. The van der Waals surface area contributed by atoms with Gasteiger partial charge in [-0.3, -0.25) is 4.90 Å². The molecule has 0 radical (unpaired) electrons. The topological polar surface area (TPSA) is 35.5 Å². The summed E-state index contributed by atoms with van der Waals surface area (Å²) in [5.74, 6) is 1.16. The molecule has 0 aromatic heterocycles. The lowest BCUT2D eigenvalue weighted by Gasteiger charge is -2.33. The van der Waals surface area contributed by atoms with Gasteiger partial charge in [0.25, 0.3) is 0 Å². The molecular formula is C17H28N2O. The van der Waals surface area contributed by atoms with Crippen molar-refractivity contribution >= 4 is 0 Å². The highest BCUT2D eigenvalue weighted by Gasteiger charge is 2.20. The molecule has 1 aliphatic rings. The van der Waals surface area contributed by atoms with Gasteiger partial charge in [-0.05, 0) is 44.8 Å². The van der Waals surface area contributed by atoms with Crippen molar-refractivity contribution in [3.8, 4) is 5.75 Å². The van der Waals surface area contributed by atoms with Gasteiger partial charge in [0.05, 0.1) is 0 Å². The first-order valence-corrected chi connectivity index (χ1v) is 7.79. The normalized spacial score (nSPS) is 20.5. The standard InChI is InChI=1S/C17H28N2O/c1-13(2)18-10-15-5-4-8-19(11-15)12-16-9-14(3)6-7-17(16)20/h6-7,9,13,15,18,20H,4-5,8,10-12H2,1-3H3. The molecule has 1 fully saturated rings. The van der Waals surface area contributed by atoms with Crippen LogP contribution in [0.25, 0.3) is 0 Å². The number of likely N-dealkylation sites (tertiary alicyclic amines) is 1. The Labute approximate surface area is 123 Å². The van der Waals surface area contributed by atoms with Gasteiger partial charge in [-0.2, -0.15) is 0 Å². The van der Waals surface area contributed by atoms with Gasteiger partial charge < -0.3 is 10.4 Å². The Balaban J connectivity index is 1.90. The van der Waals surface area contributed by atoms with Crippen LogP contribution in [0.5, 0.6) is 5.75 Å². The molecule has 1 saturated heterocycles. The second-order valence-electron chi connectivity index (χ2n) is 6.44. The number of phenolic OH excluding ortho intramolecular Hbond substituents is 1. The zero-order chi connectivity index (χ0) is 14.5. The molecule has 1 unspecified atom stereocenters. The van der Waals surface area contributed by atoms with E-state index in [9.17, 15) is 5.11 Å². The van der Waals surface area contributed by atoms with Crippen molar-refractivity contribution in [3.05, 3.63) is 29.3 Å². The van der Waals surface area contributed by atoms with E-state index in [1.54, 1.807) is 0 Å². The fourth-order valence-electron chi connectivity index (χ4n) is 2.95. The summed E-state index contributed by atoms with van der Waals surface area (Å²) in [6.45, 7) is 10.7. The number of benzene rings is 1. The molecule has 1 atom stereocenters. The highest BCUT2D eigenvalue weighted by molar-refractivity contribution is 5.35. The van der Waals surface area contributed by atoms with E-state index >= 15 is 0 Å². The van der Waals surface area contributed by atoms with Crippen LogP contribution in [0, 0.1) is 12.8 Å². The van der Waals surface area contributed by atoms with Crippen molar-refractivity contribution in [2.45, 2.75) is 46.2 Å². The number of hydrogen-bond acceptors (Lipinski definition) is 3. The molecule has 1 aromatic rings. The van der Waals surface area contributed by atoms with Crippen LogP contribution in [0.2, 0.25) is 0 Å². The average Bonchev–Trinajstić information content (AvgIpc) is 2.41. The van der Waals surface area contributed by atoms with Gasteiger partial charge in [0.2, 0.25) is 0 Å². The predicted octanol–water partition coefficient (Wildman–Crippen LogP) is 2.91. The smallest absolute Gasteiger partial charge is 0.120 e. The summed E-state index contributed by atoms with van der Waals surface area (Å²) in [5.41, 5.74) is 2.27. The molecule has 3 nitrogen and oxygen atoms in total. The van der Waals surface area contributed by atoms with Crippen LogP contribution in [-0.4, -0.2) is 35.7 Å². The molecule has 0 saturated carbocycles. The number of nitrogens with one attached hydrogen (secondary N) is 1. The zero-order valence-electron chi connectivity index (χ0n) is 13.0. The molecule has 1 heterocycles. The molecule has 1 aromatic carbocycles. The highest BCUT2D eigenvalue weighted by atomic mass is 16.3. The van der Waals surface area contributed by atoms with Crippen LogP contribution in [0.1, 0.15) is 37.8 Å². The fourth-order valence-corrected chi connectivity index (χ4v) is 2.95. The number of aromatic hydroxyl groups is 1. The van der Waals surface area contributed by atoms with Crippen molar-refractivity contribution in [2.75, 3.05) is 19.6 Å². The van der Waals surface area contributed by atoms with E-state index in [0.29, 0.717) is 11.8 Å². The third-order valence-electron chi connectivity index (χ3n) is 4.05. The SMILES string of the molecule is Cc1ccc(O)c(CN2CCCC(CNC(C)C)C2)c1. The minimum atomic E-state index is 0.429. The van der Waals surface area contributed by atoms with Gasteiger partial charge in [0.15, 0.2) is 0 Å². The largest absolute Gasteiger partial charge is 0.508 e. The van der Waals surface area contributed by atoms with Crippen molar-refractivity contribution in [1.29, 1.82) is 0 Å². The van der Waals surface area contributed by atoms with Gasteiger partial charge in [-0.1, -0.05) is 31.5 Å². The fraction of sp³-hybridized carbons (Fsp3) is 0.647. The van der Waals surface area contributed by atoms with Crippen molar-refractivity contribution in [2.24, 2.45) is 5.92 Å². The predicted molar refractivity (Wildman–Crippen MR) is 84.0 cm³/mol. The number of phenols is 1. The van der Waals surface area contributed by atoms with Crippen LogP contribution < -0.4 is 5.32 Å². The second kappa shape index (κ2) is 7.09. The third-order valence-corrected chi connectivity index (χ3v) is 4.05.